The van der Waals surface area contributed by atoms with Gasteiger partial charge in [0.25, 0.3) is 0 Å². The quantitative estimate of drug-likeness (QED) is 0.431. The molecule has 5 heavy (non-hydrogen) atoms. The van der Waals surface area contributed by atoms with Crippen LogP contribution < -0.4 is 0 Å². The van der Waals surface area contributed by atoms with Gasteiger partial charge >= 0.3 is 17.4 Å². The van der Waals surface area contributed by atoms with Crippen LogP contribution in [0.4, 0.5) is 0 Å². The van der Waals surface area contributed by atoms with Crippen LogP contribution in [0.3, 0.4) is 0 Å². The smallest absolute Gasteiger partial charge is 0.312 e. The Morgan fingerprint density at radius 2 is 1.00 bits per heavy atom. The van der Waals surface area contributed by atoms with E-state index in [9.17, 15) is 0 Å². The molecule has 0 atom stereocenters. The van der Waals surface area contributed by atoms with E-state index in [1.54, 1.807) is 0 Å². The molecule has 0 aliphatic rings. The SMILES string of the molecule is CN(C)C.[Cr+3]. The number of hydrogen-bond donors (Lipinski definition) is 0. The molecule has 0 aromatic heterocycles. The average molecular weight is 111 g/mol. The van der Waals surface area contributed by atoms with Crippen molar-refractivity contribution in [1.82, 2.24) is 4.90 Å². The van der Waals surface area contributed by atoms with E-state index in [-0.39, 0.29) is 17.4 Å². The van der Waals surface area contributed by atoms with Crippen LogP contribution in [-0.4, -0.2) is 26.0 Å². The minimum atomic E-state index is 0. The molecule has 0 saturated heterocycles. The zero-order chi connectivity index (χ0) is 3.58. The van der Waals surface area contributed by atoms with Crippen LogP contribution in [0.25, 0.3) is 0 Å². The Kier molecular flexibility index (Phi) is 8.17. The molecule has 1 radical (unpaired) electrons. The molecule has 2 heteroatoms. The molecule has 0 spiro atoms. The third-order valence-electron chi connectivity index (χ3n) is 0. The molecule has 0 aliphatic heterocycles. The van der Waals surface area contributed by atoms with Crippen molar-refractivity contribution >= 4 is 0 Å². The molecule has 0 fully saturated rings. The maximum absolute atomic E-state index is 2.00. The van der Waals surface area contributed by atoms with Gasteiger partial charge in [-0.3, -0.25) is 0 Å². The van der Waals surface area contributed by atoms with E-state index in [2.05, 4.69) is 0 Å². The molecule has 0 heterocycles. The zero-order valence-electron chi connectivity index (χ0n) is 3.86. The Balaban J connectivity index is 0. The van der Waals surface area contributed by atoms with Gasteiger partial charge < -0.3 is 4.90 Å². The molecule has 0 saturated carbocycles. The summed E-state index contributed by atoms with van der Waals surface area (Å²) in [6, 6.07) is 0. The molecule has 0 N–H and O–H groups in total. The molecule has 0 unspecified atom stereocenters. The minimum Gasteiger partial charge on any atom is -0.312 e. The van der Waals surface area contributed by atoms with Crippen LogP contribution >= 0.6 is 0 Å². The van der Waals surface area contributed by atoms with E-state index >= 15 is 0 Å². The second kappa shape index (κ2) is 4.49. The molecule has 1 nitrogen and oxygen atoms in total. The predicted octanol–water partition coefficient (Wildman–Crippen LogP) is 0.175. The van der Waals surface area contributed by atoms with Crippen LogP contribution in [0.1, 0.15) is 0 Å². The molecular formula is C3H9CrN+3. The summed E-state index contributed by atoms with van der Waals surface area (Å²) in [5.74, 6) is 0. The van der Waals surface area contributed by atoms with Gasteiger partial charge in [0.15, 0.2) is 0 Å². The van der Waals surface area contributed by atoms with Crippen molar-refractivity contribution in [3.8, 4) is 0 Å². The molecule has 29 valence electrons. The van der Waals surface area contributed by atoms with E-state index < -0.39 is 0 Å². The van der Waals surface area contributed by atoms with Gasteiger partial charge in [0, 0.05) is 0 Å². The van der Waals surface area contributed by atoms with Crippen molar-refractivity contribution in [1.29, 1.82) is 0 Å². The first-order valence-corrected chi connectivity index (χ1v) is 1.34. The van der Waals surface area contributed by atoms with E-state index in [4.69, 9.17) is 0 Å². The molecular weight excluding hydrogens is 102 g/mol. The Labute approximate surface area is 44.1 Å². The maximum atomic E-state index is 2.00. The van der Waals surface area contributed by atoms with Crippen molar-refractivity contribution in [3.63, 3.8) is 0 Å². The average Bonchev–Trinajstić information content (AvgIpc) is 0.811. The van der Waals surface area contributed by atoms with Crippen LogP contribution in [0.2, 0.25) is 0 Å². The fraction of sp³-hybridized carbons (Fsp3) is 1.00. The van der Waals surface area contributed by atoms with Gasteiger partial charge in [0.2, 0.25) is 0 Å². The van der Waals surface area contributed by atoms with Gasteiger partial charge in [-0.2, -0.15) is 0 Å². The first-order valence-electron chi connectivity index (χ1n) is 1.34. The van der Waals surface area contributed by atoms with Gasteiger partial charge in [-0.05, 0) is 21.1 Å². The van der Waals surface area contributed by atoms with E-state index in [0.29, 0.717) is 0 Å². The Morgan fingerprint density at radius 1 is 1.00 bits per heavy atom. The van der Waals surface area contributed by atoms with Gasteiger partial charge in [0.1, 0.15) is 0 Å². The fourth-order valence-electron chi connectivity index (χ4n) is 0. The van der Waals surface area contributed by atoms with Crippen LogP contribution in [0, 0.1) is 0 Å². The Bertz CT molecular complexity index is 11.6. The largest absolute Gasteiger partial charge is 3.00 e. The molecule has 0 aliphatic carbocycles. The fourth-order valence-corrected chi connectivity index (χ4v) is 0. The van der Waals surface area contributed by atoms with E-state index in [0.717, 1.165) is 0 Å². The molecule has 0 amide bonds. The number of nitrogens with zero attached hydrogens (tertiary/aromatic N) is 1. The first-order chi connectivity index (χ1) is 1.73. The summed E-state index contributed by atoms with van der Waals surface area (Å²) in [6.07, 6.45) is 0. The van der Waals surface area contributed by atoms with Gasteiger partial charge in [0.05, 0.1) is 0 Å². The summed E-state index contributed by atoms with van der Waals surface area (Å²) in [5.41, 5.74) is 0. The minimum absolute atomic E-state index is 0. The first kappa shape index (κ1) is 9.09. The normalized spacial score (nSPS) is 7.20. The van der Waals surface area contributed by atoms with Crippen molar-refractivity contribution in [2.75, 3.05) is 21.1 Å². The van der Waals surface area contributed by atoms with Gasteiger partial charge in [-0.1, -0.05) is 0 Å². The van der Waals surface area contributed by atoms with Crippen molar-refractivity contribution in [2.45, 2.75) is 0 Å². The van der Waals surface area contributed by atoms with E-state index in [1.165, 1.54) is 0 Å². The maximum Gasteiger partial charge on any atom is 3.00 e. The summed E-state index contributed by atoms with van der Waals surface area (Å²) in [5, 5.41) is 0. The second-order valence-electron chi connectivity index (χ2n) is 1.34. The summed E-state index contributed by atoms with van der Waals surface area (Å²) in [7, 11) is 6.00. The summed E-state index contributed by atoms with van der Waals surface area (Å²) in [4.78, 5) is 2.00. The van der Waals surface area contributed by atoms with E-state index in [1.807, 2.05) is 26.0 Å². The third-order valence-corrected chi connectivity index (χ3v) is 0. The van der Waals surface area contributed by atoms with Crippen LogP contribution in [0.15, 0.2) is 0 Å². The standard InChI is InChI=1S/C3H9N.Cr/c1-4(2)3;/h1-3H3;/q;+3. The van der Waals surface area contributed by atoms with Crippen LogP contribution in [-0.2, 0) is 17.4 Å². The molecule has 0 bridgehead atoms. The number of rotatable bonds is 0. The predicted molar refractivity (Wildman–Crippen MR) is 19.6 cm³/mol. The van der Waals surface area contributed by atoms with Gasteiger partial charge in [-0.25, -0.2) is 0 Å². The summed E-state index contributed by atoms with van der Waals surface area (Å²) < 4.78 is 0. The van der Waals surface area contributed by atoms with Crippen molar-refractivity contribution in [2.24, 2.45) is 0 Å². The Morgan fingerprint density at radius 3 is 1.00 bits per heavy atom. The topological polar surface area (TPSA) is 3.24 Å². The molecule has 0 aromatic rings. The molecule has 0 aromatic carbocycles. The van der Waals surface area contributed by atoms with Crippen molar-refractivity contribution < 1.29 is 17.4 Å². The van der Waals surface area contributed by atoms with Crippen molar-refractivity contribution in [3.05, 3.63) is 0 Å². The third kappa shape index (κ3) is 115. The molecule has 0 rings (SSSR count). The zero-order valence-corrected chi connectivity index (χ0v) is 5.13. The van der Waals surface area contributed by atoms with Gasteiger partial charge in [-0.15, -0.1) is 0 Å². The van der Waals surface area contributed by atoms with Crippen LogP contribution in [0.5, 0.6) is 0 Å². The summed E-state index contributed by atoms with van der Waals surface area (Å²) in [6.45, 7) is 0. The Hall–Kier alpha value is 0.492. The number of hydrogen-bond acceptors (Lipinski definition) is 1. The summed E-state index contributed by atoms with van der Waals surface area (Å²) >= 11 is 0. The second-order valence-corrected chi connectivity index (χ2v) is 1.34. The monoisotopic (exact) mass is 111 g/mol.